The first-order valence-electron chi connectivity index (χ1n) is 11.9. The molecule has 9 nitrogen and oxygen atoms in total. The maximum Gasteiger partial charge on any atom is 0.414 e. The molecule has 2 N–H and O–H groups in total. The molecule has 0 aromatic heterocycles. The third-order valence-electron chi connectivity index (χ3n) is 6.13. The van der Waals surface area contributed by atoms with E-state index in [9.17, 15) is 9.59 Å². The number of amides is 1. The van der Waals surface area contributed by atoms with Crippen molar-refractivity contribution in [3.63, 3.8) is 0 Å². The lowest BCUT2D eigenvalue weighted by Gasteiger charge is -2.34. The summed E-state index contributed by atoms with van der Waals surface area (Å²) < 4.78 is 6.02. The molecule has 188 valence electrons. The number of aliphatic carboxylic acids is 2. The average molecular weight is 477 g/mol. The average Bonchev–Trinajstić information content (AvgIpc) is 2.80. The van der Waals surface area contributed by atoms with Crippen molar-refractivity contribution in [3.05, 3.63) is 29.8 Å². The van der Waals surface area contributed by atoms with Gasteiger partial charge in [-0.1, -0.05) is 44.2 Å². The predicted molar refractivity (Wildman–Crippen MR) is 126 cm³/mol. The number of carbonyl (C=O) groups is 4. The van der Waals surface area contributed by atoms with Gasteiger partial charge in [-0.25, -0.2) is 9.59 Å². The summed E-state index contributed by atoms with van der Waals surface area (Å²) in [7, 11) is 0. The van der Waals surface area contributed by atoms with Gasteiger partial charge in [0.2, 0.25) is 5.91 Å². The maximum atomic E-state index is 12.0. The monoisotopic (exact) mass is 476 g/mol. The fourth-order valence-electron chi connectivity index (χ4n) is 4.29. The maximum absolute atomic E-state index is 12.0. The first-order chi connectivity index (χ1) is 16.2. The molecule has 1 saturated carbocycles. The molecule has 9 heteroatoms. The number of hydrogen-bond acceptors (Lipinski definition) is 6. The number of carboxylic acids is 2. The van der Waals surface area contributed by atoms with Crippen LogP contribution in [0.15, 0.2) is 24.3 Å². The molecule has 1 aromatic carbocycles. The number of benzene rings is 1. The summed E-state index contributed by atoms with van der Waals surface area (Å²) in [6, 6.07) is 8.40. The van der Waals surface area contributed by atoms with Crippen LogP contribution < -0.4 is 4.74 Å². The minimum absolute atomic E-state index is 0.0280. The summed E-state index contributed by atoms with van der Waals surface area (Å²) in [5.41, 5.74) is 1.25. The molecule has 1 aliphatic heterocycles. The number of ether oxygens (including phenoxy) is 1. The van der Waals surface area contributed by atoms with Gasteiger partial charge in [0.15, 0.2) is 0 Å². The Morgan fingerprint density at radius 2 is 1.62 bits per heavy atom. The summed E-state index contributed by atoms with van der Waals surface area (Å²) in [6.45, 7) is 6.23. The van der Waals surface area contributed by atoms with Crippen molar-refractivity contribution in [1.82, 2.24) is 9.80 Å². The van der Waals surface area contributed by atoms with Gasteiger partial charge in [-0.05, 0) is 37.0 Å². The SMILES string of the molecule is CC(=O)CC(=O)N1CCN(Cc2cccc(OCCC3CCCCC3)c2)CC1.O=C(O)C(=O)O. The Balaban J connectivity index is 0.000000604. The lowest BCUT2D eigenvalue weighted by Crippen LogP contribution is -2.48. The zero-order chi connectivity index (χ0) is 24.9. The number of piperazine rings is 1. The number of Topliss-reactive ketones (excluding diaryl/α,β-unsaturated/α-hetero) is 1. The van der Waals surface area contributed by atoms with Crippen molar-refractivity contribution in [3.8, 4) is 5.75 Å². The van der Waals surface area contributed by atoms with Crippen LogP contribution in [-0.4, -0.2) is 76.4 Å². The van der Waals surface area contributed by atoms with Gasteiger partial charge in [-0.3, -0.25) is 14.5 Å². The van der Waals surface area contributed by atoms with Gasteiger partial charge >= 0.3 is 11.9 Å². The number of hydrogen-bond donors (Lipinski definition) is 2. The van der Waals surface area contributed by atoms with E-state index in [4.69, 9.17) is 24.5 Å². The summed E-state index contributed by atoms with van der Waals surface area (Å²) in [6.07, 6.45) is 8.09. The van der Waals surface area contributed by atoms with Gasteiger partial charge in [0.1, 0.15) is 11.5 Å². The number of carbonyl (C=O) groups excluding carboxylic acids is 2. The molecule has 3 rings (SSSR count). The zero-order valence-electron chi connectivity index (χ0n) is 19.9. The summed E-state index contributed by atoms with van der Waals surface area (Å²) >= 11 is 0. The molecule has 0 spiro atoms. The van der Waals surface area contributed by atoms with E-state index >= 15 is 0 Å². The van der Waals surface area contributed by atoms with Crippen LogP contribution in [0.4, 0.5) is 0 Å². The van der Waals surface area contributed by atoms with E-state index in [0.29, 0.717) is 13.1 Å². The largest absolute Gasteiger partial charge is 0.494 e. The van der Waals surface area contributed by atoms with Gasteiger partial charge < -0.3 is 19.8 Å². The Bertz CT molecular complexity index is 816. The quantitative estimate of drug-likeness (QED) is 0.434. The predicted octanol–water partition coefficient (Wildman–Crippen LogP) is 2.81. The minimum atomic E-state index is -1.82. The van der Waals surface area contributed by atoms with Gasteiger partial charge in [0, 0.05) is 32.7 Å². The minimum Gasteiger partial charge on any atom is -0.494 e. The Labute approximate surface area is 200 Å². The van der Waals surface area contributed by atoms with E-state index in [0.717, 1.165) is 37.9 Å². The molecule has 0 bridgehead atoms. The fraction of sp³-hybridized carbons (Fsp3) is 0.600. The highest BCUT2D eigenvalue weighted by molar-refractivity contribution is 6.27. The van der Waals surface area contributed by atoms with E-state index in [1.165, 1.54) is 51.0 Å². The number of carboxylic acid groups (broad SMARTS) is 2. The first kappa shape index (κ1) is 27.3. The Hall–Kier alpha value is -2.94. The molecule has 34 heavy (non-hydrogen) atoms. The topological polar surface area (TPSA) is 124 Å². The second kappa shape index (κ2) is 14.3. The van der Waals surface area contributed by atoms with E-state index < -0.39 is 11.9 Å². The molecular formula is C25H36N2O7. The first-order valence-corrected chi connectivity index (χ1v) is 11.9. The van der Waals surface area contributed by atoms with E-state index in [-0.39, 0.29) is 18.1 Å². The lowest BCUT2D eigenvalue weighted by atomic mass is 9.87. The van der Waals surface area contributed by atoms with Crippen molar-refractivity contribution in [2.75, 3.05) is 32.8 Å². The normalized spacial score (nSPS) is 16.8. The van der Waals surface area contributed by atoms with Crippen LogP contribution in [0.25, 0.3) is 0 Å². The molecule has 1 aliphatic carbocycles. The molecule has 1 saturated heterocycles. The van der Waals surface area contributed by atoms with E-state index in [1.54, 1.807) is 0 Å². The lowest BCUT2D eigenvalue weighted by molar-refractivity contribution is -0.159. The molecule has 1 heterocycles. The Kier molecular flexibility index (Phi) is 11.5. The Morgan fingerprint density at radius 1 is 0.971 bits per heavy atom. The molecule has 1 amide bonds. The van der Waals surface area contributed by atoms with Crippen LogP contribution in [0.1, 0.15) is 57.4 Å². The van der Waals surface area contributed by atoms with Gasteiger partial charge in [-0.2, -0.15) is 0 Å². The molecule has 0 radical (unpaired) electrons. The fourth-order valence-corrected chi connectivity index (χ4v) is 4.29. The molecular weight excluding hydrogens is 440 g/mol. The second-order valence-corrected chi connectivity index (χ2v) is 8.93. The zero-order valence-corrected chi connectivity index (χ0v) is 19.9. The molecule has 0 unspecified atom stereocenters. The van der Waals surface area contributed by atoms with Gasteiger partial charge in [0.25, 0.3) is 0 Å². The third-order valence-corrected chi connectivity index (χ3v) is 6.13. The van der Waals surface area contributed by atoms with Crippen molar-refractivity contribution in [2.24, 2.45) is 5.92 Å². The molecule has 1 aromatic rings. The summed E-state index contributed by atoms with van der Waals surface area (Å²) in [5, 5.41) is 14.8. The highest BCUT2D eigenvalue weighted by Crippen LogP contribution is 2.26. The summed E-state index contributed by atoms with van der Waals surface area (Å²) in [5.74, 6) is -1.94. The molecule has 2 fully saturated rings. The highest BCUT2D eigenvalue weighted by atomic mass is 16.5. The van der Waals surface area contributed by atoms with Crippen molar-refractivity contribution >= 4 is 23.6 Å². The van der Waals surface area contributed by atoms with E-state index in [1.807, 2.05) is 11.0 Å². The summed E-state index contributed by atoms with van der Waals surface area (Å²) in [4.78, 5) is 45.5. The van der Waals surface area contributed by atoms with Crippen LogP contribution >= 0.6 is 0 Å². The van der Waals surface area contributed by atoms with Gasteiger partial charge in [-0.15, -0.1) is 0 Å². The number of rotatable bonds is 8. The molecule has 2 aliphatic rings. The van der Waals surface area contributed by atoms with Crippen LogP contribution in [0.3, 0.4) is 0 Å². The number of ketones is 1. The van der Waals surface area contributed by atoms with Crippen molar-refractivity contribution in [2.45, 2.75) is 58.4 Å². The number of nitrogens with zero attached hydrogens (tertiary/aromatic N) is 2. The third kappa shape index (κ3) is 10.3. The van der Waals surface area contributed by atoms with Crippen LogP contribution in [0.2, 0.25) is 0 Å². The van der Waals surface area contributed by atoms with E-state index in [2.05, 4.69) is 23.1 Å². The van der Waals surface area contributed by atoms with Crippen molar-refractivity contribution < 1.29 is 34.1 Å². The van der Waals surface area contributed by atoms with Gasteiger partial charge in [0.05, 0.1) is 13.0 Å². The second-order valence-electron chi connectivity index (χ2n) is 8.93. The van der Waals surface area contributed by atoms with Crippen LogP contribution in [0, 0.1) is 5.92 Å². The van der Waals surface area contributed by atoms with Crippen LogP contribution in [0.5, 0.6) is 5.75 Å². The smallest absolute Gasteiger partial charge is 0.414 e. The van der Waals surface area contributed by atoms with Crippen LogP contribution in [-0.2, 0) is 25.7 Å². The standard InChI is InChI=1S/C23H34N2O3.C2H2O4/c1-19(26)16-23(27)25-13-11-24(12-14-25)18-21-8-5-9-22(17-21)28-15-10-20-6-3-2-4-7-20;3-1(4)2(5)6/h5,8-9,17,20H,2-4,6-7,10-16,18H2,1H3;(H,3,4)(H,5,6). The van der Waals surface area contributed by atoms with Crippen molar-refractivity contribution in [1.29, 1.82) is 0 Å². The highest BCUT2D eigenvalue weighted by Gasteiger charge is 2.22. The Morgan fingerprint density at radius 3 is 2.21 bits per heavy atom. The molecule has 0 atom stereocenters.